The van der Waals surface area contributed by atoms with E-state index in [9.17, 15) is 4.79 Å². The number of amides is 1. The zero-order valence-electron chi connectivity index (χ0n) is 15.9. The molecule has 0 fully saturated rings. The van der Waals surface area contributed by atoms with Crippen LogP contribution in [0.5, 0.6) is 0 Å². The molecule has 0 saturated carbocycles. The zero-order valence-corrected chi connectivity index (χ0v) is 15.9. The Hall–Kier alpha value is -3.14. The van der Waals surface area contributed by atoms with Crippen LogP contribution in [0, 0.1) is 6.92 Å². The molecular weight excluding hydrogens is 360 g/mol. The first kappa shape index (κ1) is 18.2. The number of hydrogen-bond acceptors (Lipinski definition) is 8. The van der Waals surface area contributed by atoms with Crippen LogP contribution in [0.1, 0.15) is 41.7 Å². The summed E-state index contributed by atoms with van der Waals surface area (Å²) in [6.45, 7) is 5.90. The van der Waals surface area contributed by atoms with Crippen molar-refractivity contribution in [3.8, 4) is 0 Å². The molecule has 3 aromatic rings. The summed E-state index contributed by atoms with van der Waals surface area (Å²) in [6.07, 6.45) is 0.999. The molecule has 0 saturated heterocycles. The molecule has 3 heterocycles. The Bertz CT molecular complexity index is 966. The third kappa shape index (κ3) is 4.06. The maximum absolute atomic E-state index is 12.4. The van der Waals surface area contributed by atoms with Gasteiger partial charge in [0.15, 0.2) is 5.82 Å². The van der Waals surface area contributed by atoms with Crippen LogP contribution in [0.25, 0.3) is 0 Å². The van der Waals surface area contributed by atoms with Gasteiger partial charge in [0, 0.05) is 20.0 Å². The molecule has 4 rings (SSSR count). The summed E-state index contributed by atoms with van der Waals surface area (Å²) >= 11 is 0. The fourth-order valence-corrected chi connectivity index (χ4v) is 3.32. The van der Waals surface area contributed by atoms with Gasteiger partial charge in [-0.25, -0.2) is 4.68 Å². The molecule has 10 heteroatoms. The van der Waals surface area contributed by atoms with Crippen LogP contribution in [0.4, 0.5) is 0 Å². The van der Waals surface area contributed by atoms with Gasteiger partial charge in [0.2, 0.25) is 17.7 Å². The third-order valence-electron chi connectivity index (χ3n) is 4.76. The number of aromatic nitrogens is 6. The molecule has 0 radical (unpaired) electrons. The Morgan fingerprint density at radius 2 is 2.07 bits per heavy atom. The molecule has 2 aromatic heterocycles. The van der Waals surface area contributed by atoms with Gasteiger partial charge in [-0.3, -0.25) is 9.69 Å². The number of benzene rings is 1. The van der Waals surface area contributed by atoms with Gasteiger partial charge in [0.05, 0.1) is 6.54 Å². The molecule has 1 atom stereocenters. The second kappa shape index (κ2) is 7.85. The summed E-state index contributed by atoms with van der Waals surface area (Å²) in [6, 6.07) is 8.07. The van der Waals surface area contributed by atoms with Crippen molar-refractivity contribution in [3.05, 3.63) is 53.0 Å². The maximum Gasteiger partial charge on any atom is 0.242 e. The van der Waals surface area contributed by atoms with Crippen molar-refractivity contribution in [2.45, 2.75) is 45.9 Å². The first-order chi connectivity index (χ1) is 13.6. The van der Waals surface area contributed by atoms with Crippen molar-refractivity contribution in [1.82, 2.24) is 40.6 Å². The monoisotopic (exact) mass is 382 g/mol. The smallest absolute Gasteiger partial charge is 0.242 e. The van der Waals surface area contributed by atoms with Gasteiger partial charge < -0.3 is 9.73 Å². The highest BCUT2D eigenvalue weighted by Gasteiger charge is 2.20. The first-order valence-electron chi connectivity index (χ1n) is 9.22. The Balaban J connectivity index is 1.36. The van der Waals surface area contributed by atoms with Crippen LogP contribution in [0.2, 0.25) is 0 Å². The molecule has 10 nitrogen and oxygen atoms in total. The number of rotatable bonds is 6. The van der Waals surface area contributed by atoms with Gasteiger partial charge in [-0.2, -0.15) is 0 Å². The number of tetrazole rings is 1. The lowest BCUT2D eigenvalue weighted by molar-refractivity contribution is -0.122. The number of hydrogen-bond donors (Lipinski definition) is 1. The van der Waals surface area contributed by atoms with Crippen LogP contribution in [-0.2, 0) is 30.8 Å². The number of aryl methyl sites for hydroxylation is 1. The van der Waals surface area contributed by atoms with E-state index in [0.29, 0.717) is 24.2 Å². The molecular formula is C18H22N8O2. The number of carbonyl (C=O) groups is 1. The van der Waals surface area contributed by atoms with Crippen LogP contribution >= 0.6 is 0 Å². The fourth-order valence-electron chi connectivity index (χ4n) is 3.32. The normalized spacial score (nSPS) is 15.2. The third-order valence-corrected chi connectivity index (χ3v) is 4.76. The standard InChI is InChI=1S/C18H22N8O2/c1-12(18-22-20-13(2)28-18)19-17(27)11-26-16(21-23-24-26)10-25-8-7-14-5-3-4-6-15(14)9-25/h3-6,12H,7-11H2,1-2H3,(H,19,27). The van der Waals surface area contributed by atoms with E-state index < -0.39 is 0 Å². The Morgan fingerprint density at radius 1 is 1.25 bits per heavy atom. The Morgan fingerprint density at radius 3 is 2.86 bits per heavy atom. The van der Waals surface area contributed by atoms with E-state index in [1.54, 1.807) is 13.8 Å². The molecule has 28 heavy (non-hydrogen) atoms. The quantitative estimate of drug-likeness (QED) is 0.666. The van der Waals surface area contributed by atoms with E-state index in [-0.39, 0.29) is 18.5 Å². The van der Waals surface area contributed by atoms with E-state index >= 15 is 0 Å². The SMILES string of the molecule is Cc1nnc(C(C)NC(=O)Cn2nnnc2CN2CCc3ccccc3C2)o1. The second-order valence-corrected chi connectivity index (χ2v) is 6.93. The van der Waals surface area contributed by atoms with Crippen molar-refractivity contribution < 1.29 is 9.21 Å². The first-order valence-corrected chi connectivity index (χ1v) is 9.22. The highest BCUT2D eigenvalue weighted by molar-refractivity contribution is 5.76. The highest BCUT2D eigenvalue weighted by atomic mass is 16.4. The van der Waals surface area contributed by atoms with E-state index in [1.165, 1.54) is 15.8 Å². The van der Waals surface area contributed by atoms with E-state index in [1.807, 2.05) is 0 Å². The average molecular weight is 382 g/mol. The van der Waals surface area contributed by atoms with E-state index in [0.717, 1.165) is 19.5 Å². The molecule has 1 amide bonds. The molecule has 1 unspecified atom stereocenters. The van der Waals surface area contributed by atoms with Crippen molar-refractivity contribution in [2.24, 2.45) is 0 Å². The van der Waals surface area contributed by atoms with Gasteiger partial charge in [0.1, 0.15) is 12.6 Å². The summed E-state index contributed by atoms with van der Waals surface area (Å²) < 4.78 is 6.87. The molecule has 1 aliphatic rings. The molecule has 146 valence electrons. The summed E-state index contributed by atoms with van der Waals surface area (Å²) in [5, 5.41) is 22.3. The van der Waals surface area contributed by atoms with E-state index in [4.69, 9.17) is 4.42 Å². The van der Waals surface area contributed by atoms with Crippen molar-refractivity contribution in [1.29, 1.82) is 0 Å². The number of fused-ring (bicyclic) bond motifs is 1. The number of nitrogens with one attached hydrogen (secondary N) is 1. The second-order valence-electron chi connectivity index (χ2n) is 6.93. The van der Waals surface area contributed by atoms with Gasteiger partial charge in [-0.05, 0) is 34.9 Å². The highest BCUT2D eigenvalue weighted by Crippen LogP contribution is 2.19. The zero-order chi connectivity index (χ0) is 19.5. The molecule has 1 aliphatic heterocycles. The van der Waals surface area contributed by atoms with Gasteiger partial charge >= 0.3 is 0 Å². The lowest BCUT2D eigenvalue weighted by Gasteiger charge is -2.28. The maximum atomic E-state index is 12.4. The lowest BCUT2D eigenvalue weighted by atomic mass is 10.00. The minimum Gasteiger partial charge on any atom is -0.423 e. The predicted octanol–water partition coefficient (Wildman–Crippen LogP) is 0.800. The summed E-state index contributed by atoms with van der Waals surface area (Å²) in [4.78, 5) is 14.7. The molecule has 1 aromatic carbocycles. The Labute approximate surface area is 161 Å². The van der Waals surface area contributed by atoms with Crippen molar-refractivity contribution >= 4 is 5.91 Å². The molecule has 0 aliphatic carbocycles. The number of carbonyl (C=O) groups excluding carboxylic acids is 1. The summed E-state index contributed by atoms with van der Waals surface area (Å²) in [7, 11) is 0. The van der Waals surface area contributed by atoms with Crippen LogP contribution < -0.4 is 5.32 Å². The largest absolute Gasteiger partial charge is 0.423 e. The van der Waals surface area contributed by atoms with Crippen LogP contribution in [0.15, 0.2) is 28.7 Å². The summed E-state index contributed by atoms with van der Waals surface area (Å²) in [5.74, 6) is 1.27. The topological polar surface area (TPSA) is 115 Å². The van der Waals surface area contributed by atoms with Gasteiger partial charge in [0.25, 0.3) is 0 Å². The average Bonchev–Trinajstić information content (AvgIpc) is 3.31. The molecule has 0 spiro atoms. The van der Waals surface area contributed by atoms with Crippen molar-refractivity contribution in [3.63, 3.8) is 0 Å². The van der Waals surface area contributed by atoms with Crippen LogP contribution in [-0.4, -0.2) is 47.8 Å². The predicted molar refractivity (Wildman–Crippen MR) is 97.7 cm³/mol. The van der Waals surface area contributed by atoms with Gasteiger partial charge in [-0.15, -0.1) is 15.3 Å². The number of nitrogens with zero attached hydrogens (tertiary/aromatic N) is 7. The minimum atomic E-state index is -0.382. The van der Waals surface area contributed by atoms with Gasteiger partial charge in [-0.1, -0.05) is 24.3 Å². The Kier molecular flexibility index (Phi) is 5.11. The van der Waals surface area contributed by atoms with Crippen LogP contribution in [0.3, 0.4) is 0 Å². The molecule has 0 bridgehead atoms. The lowest BCUT2D eigenvalue weighted by Crippen LogP contribution is -2.33. The molecule has 1 N–H and O–H groups in total. The summed E-state index contributed by atoms with van der Waals surface area (Å²) in [5.41, 5.74) is 2.72. The van der Waals surface area contributed by atoms with Crippen molar-refractivity contribution in [2.75, 3.05) is 6.54 Å². The fraction of sp³-hybridized carbons (Fsp3) is 0.444. The van der Waals surface area contributed by atoms with E-state index in [2.05, 4.69) is 60.2 Å². The minimum absolute atomic E-state index is 0.0320.